The topological polar surface area (TPSA) is 46.2 Å². The van der Waals surface area contributed by atoms with Crippen LogP contribution in [0.5, 0.6) is 0 Å². The molecule has 2 aromatic rings. The number of benzene rings is 2. The number of halogens is 1. The van der Waals surface area contributed by atoms with Gasteiger partial charge in [-0.25, -0.2) is 13.1 Å². The molecule has 0 bridgehead atoms. The molecule has 5 heteroatoms. The molecule has 0 amide bonds. The summed E-state index contributed by atoms with van der Waals surface area (Å²) in [5.74, 6) is 0. The molecule has 0 saturated heterocycles. The van der Waals surface area contributed by atoms with E-state index in [1.54, 1.807) is 24.3 Å². The molecule has 0 heterocycles. The van der Waals surface area contributed by atoms with Crippen LogP contribution >= 0.6 is 11.6 Å². The zero-order valence-electron chi connectivity index (χ0n) is 12.3. The fourth-order valence-electron chi connectivity index (χ4n) is 2.56. The highest BCUT2D eigenvalue weighted by Gasteiger charge is 2.47. The molecule has 116 valence electrons. The number of rotatable bonds is 5. The Morgan fingerprint density at radius 2 is 1.64 bits per heavy atom. The summed E-state index contributed by atoms with van der Waals surface area (Å²) in [5, 5.41) is 0.651. The van der Waals surface area contributed by atoms with Gasteiger partial charge >= 0.3 is 0 Å². The van der Waals surface area contributed by atoms with Gasteiger partial charge in [0, 0.05) is 5.02 Å². The fraction of sp³-hybridized carbons (Fsp3) is 0.294. The molecule has 1 N–H and O–H groups in total. The first-order chi connectivity index (χ1) is 10.5. The van der Waals surface area contributed by atoms with Crippen LogP contribution in [0.25, 0.3) is 0 Å². The van der Waals surface area contributed by atoms with Crippen LogP contribution in [0.3, 0.4) is 0 Å². The summed E-state index contributed by atoms with van der Waals surface area (Å²) in [7, 11) is -3.52. The van der Waals surface area contributed by atoms with Gasteiger partial charge in [0.05, 0.1) is 10.4 Å². The van der Waals surface area contributed by atoms with Gasteiger partial charge in [-0.15, -0.1) is 0 Å². The Kier molecular flexibility index (Phi) is 4.02. The summed E-state index contributed by atoms with van der Waals surface area (Å²) < 4.78 is 28.0. The van der Waals surface area contributed by atoms with E-state index in [1.807, 2.05) is 31.2 Å². The van der Waals surface area contributed by atoms with Crippen molar-refractivity contribution < 1.29 is 8.42 Å². The molecule has 0 spiro atoms. The molecule has 0 aromatic heterocycles. The predicted molar refractivity (Wildman–Crippen MR) is 88.5 cm³/mol. The molecule has 1 saturated carbocycles. The molecule has 0 aliphatic heterocycles. The van der Waals surface area contributed by atoms with Gasteiger partial charge < -0.3 is 0 Å². The summed E-state index contributed by atoms with van der Waals surface area (Å²) in [6, 6.07) is 14.4. The van der Waals surface area contributed by atoms with Crippen LogP contribution in [0, 0.1) is 0 Å². The Bertz CT molecular complexity index is 763. The molecule has 3 nitrogen and oxygen atoms in total. The van der Waals surface area contributed by atoms with E-state index in [1.165, 1.54) is 0 Å². The van der Waals surface area contributed by atoms with Gasteiger partial charge in [-0.2, -0.15) is 0 Å². The van der Waals surface area contributed by atoms with Crippen LogP contribution in [0.4, 0.5) is 0 Å². The maximum absolute atomic E-state index is 12.6. The molecular weight excluding hydrogens is 318 g/mol. The lowest BCUT2D eigenvalue weighted by molar-refractivity contribution is 0.551. The molecular formula is C17H18ClNO2S. The lowest BCUT2D eigenvalue weighted by Crippen LogP contribution is -2.34. The number of hydrogen-bond donors (Lipinski definition) is 1. The van der Waals surface area contributed by atoms with E-state index in [-0.39, 0.29) is 0 Å². The van der Waals surface area contributed by atoms with E-state index in [9.17, 15) is 8.42 Å². The van der Waals surface area contributed by atoms with Gasteiger partial charge in [0.2, 0.25) is 10.0 Å². The monoisotopic (exact) mass is 335 g/mol. The van der Waals surface area contributed by atoms with Crippen molar-refractivity contribution in [3.05, 3.63) is 64.7 Å². The van der Waals surface area contributed by atoms with Crippen molar-refractivity contribution in [1.29, 1.82) is 0 Å². The van der Waals surface area contributed by atoms with Crippen LogP contribution in [0.15, 0.2) is 53.4 Å². The summed E-state index contributed by atoms with van der Waals surface area (Å²) in [6.07, 6.45) is 2.50. The van der Waals surface area contributed by atoms with E-state index in [0.29, 0.717) is 9.92 Å². The highest BCUT2D eigenvalue weighted by Crippen LogP contribution is 2.46. The largest absolute Gasteiger partial charge is 0.241 e. The molecule has 22 heavy (non-hydrogen) atoms. The SMILES string of the molecule is CCc1ccc(S(=O)(=O)NC2(c3ccc(Cl)cc3)CC2)cc1. The van der Waals surface area contributed by atoms with Gasteiger partial charge in [-0.3, -0.25) is 0 Å². The fourth-order valence-corrected chi connectivity index (χ4v) is 4.14. The smallest absolute Gasteiger partial charge is 0.207 e. The van der Waals surface area contributed by atoms with Crippen LogP contribution in [0.2, 0.25) is 5.02 Å². The minimum atomic E-state index is -3.52. The normalized spacial score (nSPS) is 16.5. The van der Waals surface area contributed by atoms with E-state index < -0.39 is 15.6 Å². The lowest BCUT2D eigenvalue weighted by Gasteiger charge is -2.18. The van der Waals surface area contributed by atoms with Crippen molar-refractivity contribution in [3.8, 4) is 0 Å². The summed E-state index contributed by atoms with van der Waals surface area (Å²) in [4.78, 5) is 0.310. The Labute approximate surface area is 136 Å². The standard InChI is InChI=1S/C17H18ClNO2S/c1-2-13-3-9-16(10-4-13)22(20,21)19-17(11-12-17)14-5-7-15(18)8-6-14/h3-10,19H,2,11-12H2,1H3. The van der Waals surface area contributed by atoms with Crippen molar-refractivity contribution in [1.82, 2.24) is 4.72 Å². The van der Waals surface area contributed by atoms with Crippen LogP contribution in [-0.4, -0.2) is 8.42 Å². The quantitative estimate of drug-likeness (QED) is 0.901. The lowest BCUT2D eigenvalue weighted by atomic mass is 10.1. The first-order valence-corrected chi connectivity index (χ1v) is 9.20. The summed E-state index contributed by atoms with van der Waals surface area (Å²) in [5.41, 5.74) is 1.61. The van der Waals surface area contributed by atoms with Crippen molar-refractivity contribution in [3.63, 3.8) is 0 Å². The van der Waals surface area contributed by atoms with E-state index >= 15 is 0 Å². The summed E-state index contributed by atoms with van der Waals surface area (Å²) in [6.45, 7) is 2.04. The van der Waals surface area contributed by atoms with Crippen molar-refractivity contribution in [2.75, 3.05) is 0 Å². The molecule has 3 rings (SSSR count). The predicted octanol–water partition coefficient (Wildman–Crippen LogP) is 3.87. The average Bonchev–Trinajstić information content (AvgIpc) is 3.28. The Morgan fingerprint density at radius 3 is 2.14 bits per heavy atom. The third-order valence-corrected chi connectivity index (χ3v) is 5.92. The van der Waals surface area contributed by atoms with Gasteiger partial charge in [-0.1, -0.05) is 42.8 Å². The van der Waals surface area contributed by atoms with Gasteiger partial charge in [0.15, 0.2) is 0 Å². The molecule has 1 aliphatic carbocycles. The molecule has 0 radical (unpaired) electrons. The highest BCUT2D eigenvalue weighted by atomic mass is 35.5. The van der Waals surface area contributed by atoms with E-state index in [0.717, 1.165) is 30.4 Å². The highest BCUT2D eigenvalue weighted by molar-refractivity contribution is 7.89. The second-order valence-electron chi connectivity index (χ2n) is 5.69. The van der Waals surface area contributed by atoms with Crippen LogP contribution in [-0.2, 0) is 22.0 Å². The number of nitrogens with one attached hydrogen (secondary N) is 1. The first kappa shape index (κ1) is 15.5. The number of aryl methyl sites for hydroxylation is 1. The maximum Gasteiger partial charge on any atom is 0.241 e. The first-order valence-electron chi connectivity index (χ1n) is 7.34. The molecule has 0 atom stereocenters. The molecule has 0 unspecified atom stereocenters. The molecule has 1 aliphatic rings. The maximum atomic E-state index is 12.6. The average molecular weight is 336 g/mol. The van der Waals surface area contributed by atoms with Crippen LogP contribution < -0.4 is 4.72 Å². The molecule has 1 fully saturated rings. The second kappa shape index (κ2) is 5.69. The minimum Gasteiger partial charge on any atom is -0.207 e. The third-order valence-electron chi connectivity index (χ3n) is 4.12. The minimum absolute atomic E-state index is 0.310. The van der Waals surface area contributed by atoms with Crippen molar-refractivity contribution in [2.24, 2.45) is 0 Å². The van der Waals surface area contributed by atoms with Gasteiger partial charge in [0.25, 0.3) is 0 Å². The third kappa shape index (κ3) is 3.05. The Morgan fingerprint density at radius 1 is 1.05 bits per heavy atom. The summed E-state index contributed by atoms with van der Waals surface area (Å²) >= 11 is 5.90. The van der Waals surface area contributed by atoms with Gasteiger partial charge in [-0.05, 0) is 54.7 Å². The van der Waals surface area contributed by atoms with E-state index in [4.69, 9.17) is 11.6 Å². The second-order valence-corrected chi connectivity index (χ2v) is 7.81. The zero-order chi connectivity index (χ0) is 15.8. The van der Waals surface area contributed by atoms with Gasteiger partial charge in [0.1, 0.15) is 0 Å². The van der Waals surface area contributed by atoms with Crippen LogP contribution in [0.1, 0.15) is 30.9 Å². The van der Waals surface area contributed by atoms with Crippen molar-refractivity contribution >= 4 is 21.6 Å². The number of sulfonamides is 1. The Hall–Kier alpha value is -1.36. The zero-order valence-corrected chi connectivity index (χ0v) is 13.9. The number of hydrogen-bond acceptors (Lipinski definition) is 2. The van der Waals surface area contributed by atoms with E-state index in [2.05, 4.69) is 4.72 Å². The van der Waals surface area contributed by atoms with Crippen molar-refractivity contribution in [2.45, 2.75) is 36.6 Å². The Balaban J connectivity index is 1.85. The molecule has 2 aromatic carbocycles.